The number of nitrogens with zero attached hydrogens (tertiary/aromatic N) is 1. The van der Waals surface area contributed by atoms with Crippen molar-refractivity contribution in [2.45, 2.75) is 36.6 Å². The van der Waals surface area contributed by atoms with Gasteiger partial charge in [-0.3, -0.25) is 9.69 Å². The highest BCUT2D eigenvalue weighted by molar-refractivity contribution is 7.99. The summed E-state index contributed by atoms with van der Waals surface area (Å²) in [6.07, 6.45) is 1.75. The molecule has 0 saturated carbocycles. The molecule has 2 unspecified atom stereocenters. The van der Waals surface area contributed by atoms with Crippen LogP contribution in [0.5, 0.6) is 5.75 Å². The van der Waals surface area contributed by atoms with Crippen molar-refractivity contribution in [3.8, 4) is 5.75 Å². The molecule has 26 heavy (non-hydrogen) atoms. The van der Waals surface area contributed by atoms with E-state index in [9.17, 15) is 4.79 Å². The third-order valence-corrected chi connectivity index (χ3v) is 6.46. The number of likely N-dealkylation sites (tertiary alicyclic amines) is 1. The van der Waals surface area contributed by atoms with Crippen molar-refractivity contribution in [1.82, 2.24) is 4.90 Å². The number of ketones is 1. The Balaban J connectivity index is 1.37. The molecule has 0 N–H and O–H groups in total. The molecule has 2 aromatic carbocycles. The minimum atomic E-state index is 0.231. The van der Waals surface area contributed by atoms with Crippen molar-refractivity contribution in [2.75, 3.05) is 25.4 Å². The lowest BCUT2D eigenvalue weighted by Crippen LogP contribution is -2.32. The molecule has 4 rings (SSSR count). The molecule has 136 valence electrons. The minimum absolute atomic E-state index is 0.231. The number of carbonyl (C=O) groups is 1. The molecule has 0 bridgehead atoms. The third kappa shape index (κ3) is 3.81. The van der Waals surface area contributed by atoms with Gasteiger partial charge in [0.25, 0.3) is 0 Å². The first-order chi connectivity index (χ1) is 12.7. The largest absolute Gasteiger partial charge is 0.492 e. The fourth-order valence-electron chi connectivity index (χ4n) is 3.92. The van der Waals surface area contributed by atoms with Crippen LogP contribution < -0.4 is 4.74 Å². The second-order valence-electron chi connectivity index (χ2n) is 7.23. The molecule has 2 aliphatic heterocycles. The molecule has 0 radical (unpaired) electrons. The van der Waals surface area contributed by atoms with E-state index < -0.39 is 0 Å². The topological polar surface area (TPSA) is 29.5 Å². The molecule has 4 heteroatoms. The van der Waals surface area contributed by atoms with Crippen LogP contribution in [0.15, 0.2) is 53.4 Å². The zero-order valence-corrected chi connectivity index (χ0v) is 16.0. The number of Topliss-reactive ketones (excluding diaryl/α,β-unsaturated/α-hetero) is 1. The quantitative estimate of drug-likeness (QED) is 0.721. The molecule has 0 aromatic heterocycles. The van der Waals surface area contributed by atoms with Gasteiger partial charge in [0, 0.05) is 30.3 Å². The van der Waals surface area contributed by atoms with Crippen LogP contribution in [-0.2, 0) is 0 Å². The van der Waals surface area contributed by atoms with Gasteiger partial charge in [-0.2, -0.15) is 0 Å². The second-order valence-corrected chi connectivity index (χ2v) is 8.36. The van der Waals surface area contributed by atoms with E-state index in [0.717, 1.165) is 41.7 Å². The van der Waals surface area contributed by atoms with Gasteiger partial charge in [-0.25, -0.2) is 0 Å². The zero-order valence-electron chi connectivity index (χ0n) is 15.2. The SMILES string of the molecule is CC(CC(=O)c1ccc2c(c1)SCCO2)N1CCC(c2ccccc2)C1. The fraction of sp³-hybridized carbons (Fsp3) is 0.409. The summed E-state index contributed by atoms with van der Waals surface area (Å²) in [7, 11) is 0. The fourth-order valence-corrected chi connectivity index (χ4v) is 4.78. The van der Waals surface area contributed by atoms with Crippen LogP contribution in [0.3, 0.4) is 0 Å². The Kier molecular flexibility index (Phi) is 5.32. The standard InChI is InChI=1S/C22H25NO2S/c1-16(23-10-9-19(15-23)17-5-3-2-4-6-17)13-20(24)18-7-8-21-22(14-18)26-12-11-25-21/h2-8,14,16,19H,9-13,15H2,1H3. The van der Waals surface area contributed by atoms with Crippen molar-refractivity contribution in [3.05, 3.63) is 59.7 Å². The highest BCUT2D eigenvalue weighted by atomic mass is 32.2. The van der Waals surface area contributed by atoms with E-state index in [1.165, 1.54) is 12.0 Å². The number of hydrogen-bond acceptors (Lipinski definition) is 4. The summed E-state index contributed by atoms with van der Waals surface area (Å²) < 4.78 is 5.63. The van der Waals surface area contributed by atoms with Crippen LogP contribution in [-0.4, -0.2) is 42.2 Å². The maximum Gasteiger partial charge on any atom is 0.164 e. The Morgan fingerprint density at radius 1 is 1.27 bits per heavy atom. The van der Waals surface area contributed by atoms with Crippen LogP contribution in [0, 0.1) is 0 Å². The van der Waals surface area contributed by atoms with E-state index in [0.29, 0.717) is 12.3 Å². The average Bonchev–Trinajstić information content (AvgIpc) is 3.18. The summed E-state index contributed by atoms with van der Waals surface area (Å²) in [6.45, 7) is 5.05. The minimum Gasteiger partial charge on any atom is -0.492 e. The summed E-state index contributed by atoms with van der Waals surface area (Å²) >= 11 is 1.77. The molecule has 2 heterocycles. The van der Waals surface area contributed by atoms with E-state index in [1.807, 2.05) is 18.2 Å². The Morgan fingerprint density at radius 3 is 2.96 bits per heavy atom. The van der Waals surface area contributed by atoms with Gasteiger partial charge >= 0.3 is 0 Å². The molecular weight excluding hydrogens is 342 g/mol. The number of benzene rings is 2. The van der Waals surface area contributed by atoms with Gasteiger partial charge in [0.05, 0.1) is 11.5 Å². The molecular formula is C22H25NO2S. The summed E-state index contributed by atoms with van der Waals surface area (Å²) in [5.74, 6) is 2.69. The van der Waals surface area contributed by atoms with Gasteiger partial charge in [-0.1, -0.05) is 30.3 Å². The lowest BCUT2D eigenvalue weighted by molar-refractivity contribution is 0.0940. The highest BCUT2D eigenvalue weighted by Crippen LogP contribution is 2.34. The first kappa shape index (κ1) is 17.6. The van der Waals surface area contributed by atoms with Gasteiger partial charge in [-0.05, 0) is 49.6 Å². The predicted octanol–water partition coefficient (Wildman–Crippen LogP) is 4.62. The maximum atomic E-state index is 12.8. The maximum absolute atomic E-state index is 12.8. The number of hydrogen-bond donors (Lipinski definition) is 0. The van der Waals surface area contributed by atoms with Gasteiger partial charge in [-0.15, -0.1) is 11.8 Å². The number of fused-ring (bicyclic) bond motifs is 1. The van der Waals surface area contributed by atoms with Crippen molar-refractivity contribution < 1.29 is 9.53 Å². The van der Waals surface area contributed by atoms with Crippen LogP contribution in [0.4, 0.5) is 0 Å². The Labute approximate surface area is 159 Å². The Bertz CT molecular complexity index is 777. The molecule has 0 spiro atoms. The Morgan fingerprint density at radius 2 is 2.12 bits per heavy atom. The smallest absolute Gasteiger partial charge is 0.164 e. The summed E-state index contributed by atoms with van der Waals surface area (Å²) in [4.78, 5) is 16.3. The van der Waals surface area contributed by atoms with Crippen LogP contribution in [0.1, 0.15) is 41.6 Å². The van der Waals surface area contributed by atoms with Crippen molar-refractivity contribution in [2.24, 2.45) is 0 Å². The van der Waals surface area contributed by atoms with Gasteiger partial charge in [0.15, 0.2) is 5.78 Å². The van der Waals surface area contributed by atoms with E-state index >= 15 is 0 Å². The first-order valence-electron chi connectivity index (χ1n) is 9.42. The van der Waals surface area contributed by atoms with Gasteiger partial charge in [0.1, 0.15) is 5.75 Å². The van der Waals surface area contributed by atoms with Crippen molar-refractivity contribution >= 4 is 17.5 Å². The summed E-state index contributed by atoms with van der Waals surface area (Å²) in [5.41, 5.74) is 2.23. The van der Waals surface area contributed by atoms with E-state index in [1.54, 1.807) is 11.8 Å². The van der Waals surface area contributed by atoms with E-state index in [-0.39, 0.29) is 11.8 Å². The van der Waals surface area contributed by atoms with Crippen LogP contribution >= 0.6 is 11.8 Å². The summed E-state index contributed by atoms with van der Waals surface area (Å²) in [5, 5.41) is 0. The van der Waals surface area contributed by atoms with E-state index in [2.05, 4.69) is 42.2 Å². The Hall–Kier alpha value is -1.78. The molecule has 1 fully saturated rings. The number of rotatable bonds is 5. The van der Waals surface area contributed by atoms with Crippen molar-refractivity contribution in [1.29, 1.82) is 0 Å². The molecule has 0 amide bonds. The zero-order chi connectivity index (χ0) is 17.9. The number of ether oxygens (including phenoxy) is 1. The monoisotopic (exact) mass is 367 g/mol. The average molecular weight is 368 g/mol. The molecule has 2 aromatic rings. The summed E-state index contributed by atoms with van der Waals surface area (Å²) in [6, 6.07) is 16.9. The van der Waals surface area contributed by atoms with Crippen molar-refractivity contribution in [3.63, 3.8) is 0 Å². The number of thioether (sulfide) groups is 1. The molecule has 3 nitrogen and oxygen atoms in total. The first-order valence-corrected chi connectivity index (χ1v) is 10.4. The molecule has 2 atom stereocenters. The van der Waals surface area contributed by atoms with Gasteiger partial charge < -0.3 is 4.74 Å². The normalized spacial score (nSPS) is 21.0. The molecule has 2 aliphatic rings. The van der Waals surface area contributed by atoms with Gasteiger partial charge in [0.2, 0.25) is 0 Å². The number of carbonyl (C=O) groups excluding carboxylic acids is 1. The molecule has 0 aliphatic carbocycles. The highest BCUT2D eigenvalue weighted by Gasteiger charge is 2.28. The van der Waals surface area contributed by atoms with Crippen LogP contribution in [0.2, 0.25) is 0 Å². The third-order valence-electron chi connectivity index (χ3n) is 5.46. The lowest BCUT2D eigenvalue weighted by Gasteiger charge is -2.24. The second kappa shape index (κ2) is 7.85. The van der Waals surface area contributed by atoms with E-state index in [4.69, 9.17) is 4.74 Å². The molecule has 1 saturated heterocycles. The predicted molar refractivity (Wildman–Crippen MR) is 106 cm³/mol. The van der Waals surface area contributed by atoms with Crippen LogP contribution in [0.25, 0.3) is 0 Å². The lowest BCUT2D eigenvalue weighted by atomic mass is 9.98.